The van der Waals surface area contributed by atoms with Crippen molar-refractivity contribution in [2.24, 2.45) is 0 Å². The van der Waals surface area contributed by atoms with Crippen molar-refractivity contribution in [3.8, 4) is 17.2 Å². The maximum Gasteiger partial charge on any atom is 0.205 e. The number of aliphatic hydroxyl groups excluding tert-OH is 1. The molecule has 2 atom stereocenters. The second kappa shape index (κ2) is 7.97. The number of hydrogen-bond acceptors (Lipinski definition) is 8. The summed E-state index contributed by atoms with van der Waals surface area (Å²) in [4.78, 5) is 13.5. The van der Waals surface area contributed by atoms with E-state index in [2.05, 4.69) is 19.8 Å². The molecule has 0 unspecified atom stereocenters. The number of hydrogen-bond donors (Lipinski definition) is 1. The Morgan fingerprint density at radius 1 is 0.964 bits per heavy atom. The lowest BCUT2D eigenvalue weighted by Gasteiger charge is -2.33. The lowest BCUT2D eigenvalue weighted by atomic mass is 10.1. The number of rotatable bonds is 5. The third-order valence-electron chi connectivity index (χ3n) is 5.83. The van der Waals surface area contributed by atoms with E-state index in [1.165, 1.54) is 25.6 Å². The fourth-order valence-corrected chi connectivity index (χ4v) is 4.45. The lowest BCUT2D eigenvalue weighted by molar-refractivity contribution is 0.0706. The molecule has 2 aromatic rings. The van der Waals surface area contributed by atoms with E-state index in [1.54, 1.807) is 21.3 Å². The van der Waals surface area contributed by atoms with Crippen molar-refractivity contribution in [2.75, 3.05) is 52.4 Å². The summed E-state index contributed by atoms with van der Waals surface area (Å²) < 4.78 is 16.6. The Labute approximate surface area is 165 Å². The van der Waals surface area contributed by atoms with Crippen molar-refractivity contribution in [3.63, 3.8) is 0 Å². The molecule has 152 valence electrons. The molecule has 0 radical (unpaired) electrons. The quantitative estimate of drug-likeness (QED) is 0.829. The maximum atomic E-state index is 10.7. The van der Waals surface area contributed by atoms with Crippen molar-refractivity contribution < 1.29 is 19.3 Å². The summed E-state index contributed by atoms with van der Waals surface area (Å²) in [5, 5.41) is 11.6. The summed E-state index contributed by atoms with van der Waals surface area (Å²) in [6.07, 6.45) is 4.82. The van der Waals surface area contributed by atoms with Gasteiger partial charge in [-0.1, -0.05) is 6.42 Å². The van der Waals surface area contributed by atoms with Crippen LogP contribution in [0.3, 0.4) is 0 Å². The Kier molecular flexibility index (Phi) is 5.41. The molecular weight excluding hydrogens is 360 g/mol. The highest BCUT2D eigenvalue weighted by atomic mass is 16.5. The molecule has 0 saturated carbocycles. The molecule has 2 fully saturated rings. The predicted octanol–water partition coefficient (Wildman–Crippen LogP) is 1.69. The summed E-state index contributed by atoms with van der Waals surface area (Å²) in [5.41, 5.74) is 0.668. The van der Waals surface area contributed by atoms with Crippen LogP contribution in [0.5, 0.6) is 17.2 Å². The SMILES string of the molecule is COc1cc2c(N3C[C@H](O)[C@@H](N4CCCCC4)C3)ncnc2c(OC)c1OC. The predicted molar refractivity (Wildman–Crippen MR) is 107 cm³/mol. The monoisotopic (exact) mass is 388 g/mol. The summed E-state index contributed by atoms with van der Waals surface area (Å²) in [6, 6.07) is 2.01. The van der Waals surface area contributed by atoms with Gasteiger partial charge in [0.05, 0.1) is 38.9 Å². The number of piperidine rings is 1. The average molecular weight is 388 g/mol. The number of aliphatic hydroxyl groups is 1. The van der Waals surface area contributed by atoms with Crippen LogP contribution in [0.25, 0.3) is 10.9 Å². The van der Waals surface area contributed by atoms with Crippen LogP contribution in [0.4, 0.5) is 5.82 Å². The second-order valence-corrected chi connectivity index (χ2v) is 7.38. The maximum absolute atomic E-state index is 10.7. The zero-order chi connectivity index (χ0) is 19.7. The zero-order valence-electron chi connectivity index (χ0n) is 16.7. The molecule has 2 aliphatic heterocycles. The highest BCUT2D eigenvalue weighted by molar-refractivity contribution is 5.97. The third kappa shape index (κ3) is 3.20. The van der Waals surface area contributed by atoms with Crippen LogP contribution in [0.15, 0.2) is 12.4 Å². The lowest BCUT2D eigenvalue weighted by Crippen LogP contribution is -2.45. The number of nitrogens with zero attached hydrogens (tertiary/aromatic N) is 4. The van der Waals surface area contributed by atoms with Gasteiger partial charge in [-0.3, -0.25) is 4.90 Å². The Bertz CT molecular complexity index is 841. The van der Waals surface area contributed by atoms with Crippen LogP contribution in [-0.2, 0) is 0 Å². The van der Waals surface area contributed by atoms with Gasteiger partial charge in [0.2, 0.25) is 5.75 Å². The molecule has 4 rings (SSSR count). The molecule has 8 nitrogen and oxygen atoms in total. The van der Waals surface area contributed by atoms with Crippen LogP contribution in [-0.4, -0.2) is 79.6 Å². The van der Waals surface area contributed by atoms with E-state index >= 15 is 0 Å². The number of ether oxygens (including phenoxy) is 3. The molecule has 0 amide bonds. The first-order valence-electron chi connectivity index (χ1n) is 9.78. The fraction of sp³-hybridized carbons (Fsp3) is 0.600. The van der Waals surface area contributed by atoms with Gasteiger partial charge in [-0.2, -0.15) is 0 Å². The average Bonchev–Trinajstić information content (AvgIpc) is 3.13. The van der Waals surface area contributed by atoms with Gasteiger partial charge in [0, 0.05) is 13.1 Å². The van der Waals surface area contributed by atoms with Gasteiger partial charge >= 0.3 is 0 Å². The Balaban J connectivity index is 1.73. The molecule has 0 aliphatic carbocycles. The van der Waals surface area contributed by atoms with Crippen LogP contribution in [0, 0.1) is 0 Å². The molecule has 3 heterocycles. The largest absolute Gasteiger partial charge is 0.493 e. The van der Waals surface area contributed by atoms with Crippen LogP contribution < -0.4 is 19.1 Å². The molecule has 1 aromatic heterocycles. The topological polar surface area (TPSA) is 80.2 Å². The minimum absolute atomic E-state index is 0.132. The summed E-state index contributed by atoms with van der Waals surface area (Å²) in [5.74, 6) is 2.38. The number of likely N-dealkylation sites (tertiary alicyclic amines) is 1. The smallest absolute Gasteiger partial charge is 0.205 e. The summed E-state index contributed by atoms with van der Waals surface area (Å²) in [6.45, 7) is 3.39. The van der Waals surface area contributed by atoms with Gasteiger partial charge < -0.3 is 24.2 Å². The van der Waals surface area contributed by atoms with Gasteiger partial charge in [0.15, 0.2) is 11.5 Å². The van der Waals surface area contributed by atoms with Gasteiger partial charge in [-0.05, 0) is 32.0 Å². The summed E-state index contributed by atoms with van der Waals surface area (Å²) >= 11 is 0. The Hall–Kier alpha value is -2.32. The second-order valence-electron chi connectivity index (χ2n) is 7.38. The molecule has 28 heavy (non-hydrogen) atoms. The summed E-state index contributed by atoms with van der Waals surface area (Å²) in [7, 11) is 4.76. The van der Waals surface area contributed by atoms with E-state index in [1.807, 2.05) is 6.07 Å². The fourth-order valence-electron chi connectivity index (χ4n) is 4.45. The normalized spacial score (nSPS) is 23.2. The molecule has 0 bridgehead atoms. The van der Waals surface area contributed by atoms with E-state index in [-0.39, 0.29) is 6.04 Å². The van der Waals surface area contributed by atoms with E-state index in [9.17, 15) is 5.11 Å². The number of β-amino-alcohol motifs (C(OH)–C–C–N with tert-alkyl or cyclic N) is 1. The van der Waals surface area contributed by atoms with Gasteiger partial charge in [0.1, 0.15) is 17.7 Å². The van der Waals surface area contributed by atoms with Crippen molar-refractivity contribution in [2.45, 2.75) is 31.4 Å². The molecule has 0 spiro atoms. The first kappa shape index (κ1) is 19.0. The van der Waals surface area contributed by atoms with Crippen molar-refractivity contribution in [1.29, 1.82) is 0 Å². The minimum atomic E-state index is -0.398. The Morgan fingerprint density at radius 2 is 1.71 bits per heavy atom. The minimum Gasteiger partial charge on any atom is -0.493 e. The molecule has 1 N–H and O–H groups in total. The first-order chi connectivity index (χ1) is 13.7. The number of anilines is 1. The van der Waals surface area contributed by atoms with Gasteiger partial charge in [-0.15, -0.1) is 0 Å². The molecule has 1 aromatic carbocycles. The molecule has 2 aliphatic rings. The van der Waals surface area contributed by atoms with E-state index in [0.29, 0.717) is 29.3 Å². The van der Waals surface area contributed by atoms with Gasteiger partial charge in [-0.25, -0.2) is 9.97 Å². The third-order valence-corrected chi connectivity index (χ3v) is 5.83. The van der Waals surface area contributed by atoms with E-state index in [4.69, 9.17) is 14.2 Å². The number of methoxy groups -OCH3 is 3. The number of fused-ring (bicyclic) bond motifs is 1. The zero-order valence-corrected chi connectivity index (χ0v) is 16.7. The number of aromatic nitrogens is 2. The van der Waals surface area contributed by atoms with Crippen molar-refractivity contribution >= 4 is 16.7 Å². The highest BCUT2D eigenvalue weighted by Crippen LogP contribution is 2.44. The standard InChI is InChI=1S/C20H28N4O4/c1-26-16-9-13-17(19(28-3)18(16)27-2)21-12-22-20(13)24-10-14(15(25)11-24)23-7-5-4-6-8-23/h9,12,14-15,25H,4-8,10-11H2,1-3H3/t14-,15-/m0/s1. The molecule has 8 heteroatoms. The Morgan fingerprint density at radius 3 is 2.39 bits per heavy atom. The first-order valence-corrected chi connectivity index (χ1v) is 9.78. The van der Waals surface area contributed by atoms with Crippen molar-refractivity contribution in [3.05, 3.63) is 12.4 Å². The van der Waals surface area contributed by atoms with E-state index < -0.39 is 6.10 Å². The molecule has 2 saturated heterocycles. The van der Waals surface area contributed by atoms with Crippen LogP contribution >= 0.6 is 0 Å². The van der Waals surface area contributed by atoms with Gasteiger partial charge in [0.25, 0.3) is 0 Å². The molecular formula is C20H28N4O4. The van der Waals surface area contributed by atoms with E-state index in [0.717, 1.165) is 30.8 Å². The van der Waals surface area contributed by atoms with Crippen LogP contribution in [0.2, 0.25) is 0 Å². The number of benzene rings is 1. The van der Waals surface area contributed by atoms with Crippen molar-refractivity contribution in [1.82, 2.24) is 14.9 Å². The highest BCUT2D eigenvalue weighted by Gasteiger charge is 2.37. The van der Waals surface area contributed by atoms with Crippen LogP contribution in [0.1, 0.15) is 19.3 Å².